The molecule has 0 aromatic rings. The molecule has 0 amide bonds. The van der Waals surface area contributed by atoms with E-state index >= 15 is 0 Å². The van der Waals surface area contributed by atoms with Crippen LogP contribution in [-0.4, -0.2) is 5.54 Å². The molecule has 0 aliphatic carbocycles. The van der Waals surface area contributed by atoms with Gasteiger partial charge in [0.25, 0.3) is 0 Å². The molecule has 2 N–H and O–H groups in total. The summed E-state index contributed by atoms with van der Waals surface area (Å²) in [5.41, 5.74) is 8.82. The van der Waals surface area contributed by atoms with Gasteiger partial charge in [0, 0.05) is 12.0 Å². The SMILES string of the molecule is CC/C(C)=C(\C)C#CCCC(N)(CC)CC. The average molecular weight is 221 g/mol. The van der Waals surface area contributed by atoms with Gasteiger partial charge in [0.05, 0.1) is 0 Å². The quantitative estimate of drug-likeness (QED) is 0.697. The zero-order valence-corrected chi connectivity index (χ0v) is 11.6. The summed E-state index contributed by atoms with van der Waals surface area (Å²) in [5.74, 6) is 6.46. The molecule has 0 radical (unpaired) electrons. The molecule has 0 heterocycles. The van der Waals surface area contributed by atoms with E-state index in [-0.39, 0.29) is 5.54 Å². The number of hydrogen-bond donors (Lipinski definition) is 1. The van der Waals surface area contributed by atoms with Crippen molar-refractivity contribution in [1.82, 2.24) is 0 Å². The van der Waals surface area contributed by atoms with Gasteiger partial charge >= 0.3 is 0 Å². The van der Waals surface area contributed by atoms with Gasteiger partial charge in [-0.3, -0.25) is 0 Å². The molecule has 0 fully saturated rings. The van der Waals surface area contributed by atoms with E-state index in [0.29, 0.717) is 0 Å². The first-order valence-corrected chi connectivity index (χ1v) is 6.43. The number of allylic oxidation sites excluding steroid dienone is 2. The fourth-order valence-electron chi connectivity index (χ4n) is 1.48. The Kier molecular flexibility index (Phi) is 7.17. The van der Waals surface area contributed by atoms with Crippen molar-refractivity contribution in [1.29, 1.82) is 0 Å². The standard InChI is InChI=1S/C15H27N/c1-6-13(4)14(5)11-9-10-12-15(16,7-2)8-3/h6-8,10,12,16H2,1-5H3/b14-13+. The van der Waals surface area contributed by atoms with Crippen LogP contribution < -0.4 is 5.73 Å². The van der Waals surface area contributed by atoms with Crippen LogP contribution in [0.4, 0.5) is 0 Å². The summed E-state index contributed by atoms with van der Waals surface area (Å²) in [5, 5.41) is 0. The minimum absolute atomic E-state index is 0.00784. The van der Waals surface area contributed by atoms with E-state index in [1.165, 1.54) is 11.1 Å². The Labute approximate surface area is 101 Å². The molecule has 0 saturated heterocycles. The fraction of sp³-hybridized carbons (Fsp3) is 0.733. The summed E-state index contributed by atoms with van der Waals surface area (Å²) in [4.78, 5) is 0. The molecule has 0 aliphatic rings. The summed E-state index contributed by atoms with van der Waals surface area (Å²) in [6, 6.07) is 0. The van der Waals surface area contributed by atoms with Crippen molar-refractivity contribution in [3.05, 3.63) is 11.1 Å². The Morgan fingerprint density at radius 2 is 1.69 bits per heavy atom. The van der Waals surface area contributed by atoms with Gasteiger partial charge < -0.3 is 5.73 Å². The van der Waals surface area contributed by atoms with Gasteiger partial charge in [-0.05, 0) is 45.1 Å². The van der Waals surface area contributed by atoms with Crippen molar-refractivity contribution in [2.75, 3.05) is 0 Å². The molecule has 0 unspecified atom stereocenters. The van der Waals surface area contributed by atoms with Crippen molar-refractivity contribution in [3.63, 3.8) is 0 Å². The minimum Gasteiger partial charge on any atom is -0.325 e. The third-order valence-electron chi connectivity index (χ3n) is 3.60. The van der Waals surface area contributed by atoms with E-state index in [1.807, 2.05) is 0 Å². The predicted octanol–water partition coefficient (Wildman–Crippen LogP) is 4.03. The molecule has 92 valence electrons. The smallest absolute Gasteiger partial charge is 0.0158 e. The van der Waals surface area contributed by atoms with Gasteiger partial charge in [0.2, 0.25) is 0 Å². The highest BCUT2D eigenvalue weighted by Gasteiger charge is 2.18. The molecular weight excluding hydrogens is 194 g/mol. The van der Waals surface area contributed by atoms with E-state index < -0.39 is 0 Å². The van der Waals surface area contributed by atoms with Gasteiger partial charge in [-0.1, -0.05) is 38.2 Å². The van der Waals surface area contributed by atoms with E-state index in [4.69, 9.17) is 5.73 Å². The molecule has 1 heteroatoms. The first-order valence-electron chi connectivity index (χ1n) is 6.43. The lowest BCUT2D eigenvalue weighted by Crippen LogP contribution is -2.37. The van der Waals surface area contributed by atoms with Crippen LogP contribution in [0.3, 0.4) is 0 Å². The van der Waals surface area contributed by atoms with Crippen LogP contribution in [0, 0.1) is 11.8 Å². The van der Waals surface area contributed by atoms with Crippen LogP contribution in [0.1, 0.15) is 66.7 Å². The van der Waals surface area contributed by atoms with Crippen LogP contribution in [0.15, 0.2) is 11.1 Å². The average Bonchev–Trinajstić information content (AvgIpc) is 2.32. The maximum atomic E-state index is 6.22. The lowest BCUT2D eigenvalue weighted by molar-refractivity contribution is 0.372. The summed E-state index contributed by atoms with van der Waals surface area (Å²) in [7, 11) is 0. The second-order valence-electron chi connectivity index (χ2n) is 4.63. The normalized spacial score (nSPS) is 12.9. The third-order valence-corrected chi connectivity index (χ3v) is 3.60. The third kappa shape index (κ3) is 5.37. The molecule has 0 bridgehead atoms. The van der Waals surface area contributed by atoms with Gasteiger partial charge in [-0.25, -0.2) is 0 Å². The lowest BCUT2D eigenvalue weighted by atomic mass is 9.89. The molecule has 0 saturated carbocycles. The molecule has 0 rings (SSSR count). The predicted molar refractivity (Wildman–Crippen MR) is 73.2 cm³/mol. The van der Waals surface area contributed by atoms with E-state index in [2.05, 4.69) is 46.5 Å². The Morgan fingerprint density at radius 1 is 1.12 bits per heavy atom. The highest BCUT2D eigenvalue weighted by Crippen LogP contribution is 2.17. The van der Waals surface area contributed by atoms with Crippen LogP contribution >= 0.6 is 0 Å². The van der Waals surface area contributed by atoms with Crippen molar-refractivity contribution in [2.24, 2.45) is 5.73 Å². The lowest BCUT2D eigenvalue weighted by Gasteiger charge is -2.25. The van der Waals surface area contributed by atoms with Crippen molar-refractivity contribution < 1.29 is 0 Å². The van der Waals surface area contributed by atoms with E-state index in [1.54, 1.807) is 0 Å². The molecule has 0 spiro atoms. The molecule has 16 heavy (non-hydrogen) atoms. The largest absolute Gasteiger partial charge is 0.325 e. The molecule has 0 atom stereocenters. The Balaban J connectivity index is 4.23. The number of hydrogen-bond acceptors (Lipinski definition) is 1. The van der Waals surface area contributed by atoms with Crippen molar-refractivity contribution in [2.45, 2.75) is 72.3 Å². The topological polar surface area (TPSA) is 26.0 Å². The molecule has 0 aromatic carbocycles. The minimum atomic E-state index is -0.00784. The zero-order chi connectivity index (χ0) is 12.6. The number of nitrogens with two attached hydrogens (primary N) is 1. The van der Waals surface area contributed by atoms with Crippen LogP contribution in [0.2, 0.25) is 0 Å². The van der Waals surface area contributed by atoms with Crippen LogP contribution in [-0.2, 0) is 0 Å². The summed E-state index contributed by atoms with van der Waals surface area (Å²) < 4.78 is 0. The molecule has 0 aromatic heterocycles. The van der Waals surface area contributed by atoms with Crippen LogP contribution in [0.5, 0.6) is 0 Å². The van der Waals surface area contributed by atoms with Gasteiger partial charge in [-0.15, -0.1) is 0 Å². The Bertz CT molecular complexity index is 284. The van der Waals surface area contributed by atoms with E-state index in [9.17, 15) is 0 Å². The zero-order valence-electron chi connectivity index (χ0n) is 11.6. The maximum Gasteiger partial charge on any atom is 0.0158 e. The summed E-state index contributed by atoms with van der Waals surface area (Å²) >= 11 is 0. The van der Waals surface area contributed by atoms with Crippen molar-refractivity contribution >= 4 is 0 Å². The van der Waals surface area contributed by atoms with E-state index in [0.717, 1.165) is 32.1 Å². The Morgan fingerprint density at radius 3 is 2.12 bits per heavy atom. The second kappa shape index (κ2) is 7.52. The first kappa shape index (κ1) is 15.3. The molecular formula is C15H27N. The highest BCUT2D eigenvalue weighted by molar-refractivity contribution is 5.30. The van der Waals surface area contributed by atoms with Gasteiger partial charge in [0.15, 0.2) is 0 Å². The van der Waals surface area contributed by atoms with Crippen molar-refractivity contribution in [3.8, 4) is 11.8 Å². The van der Waals surface area contributed by atoms with Gasteiger partial charge in [-0.2, -0.15) is 0 Å². The van der Waals surface area contributed by atoms with Crippen LogP contribution in [0.25, 0.3) is 0 Å². The maximum absolute atomic E-state index is 6.22. The first-order chi connectivity index (χ1) is 7.49. The summed E-state index contributed by atoms with van der Waals surface area (Å²) in [6.07, 6.45) is 5.07. The second-order valence-corrected chi connectivity index (χ2v) is 4.63. The monoisotopic (exact) mass is 221 g/mol. The fourth-order valence-corrected chi connectivity index (χ4v) is 1.48. The summed E-state index contributed by atoms with van der Waals surface area (Å²) in [6.45, 7) is 10.7. The highest BCUT2D eigenvalue weighted by atomic mass is 14.7. The van der Waals surface area contributed by atoms with Gasteiger partial charge in [0.1, 0.15) is 0 Å². The molecule has 1 nitrogen and oxygen atoms in total. The Hall–Kier alpha value is -0.740. The number of rotatable bonds is 5. The molecule has 0 aliphatic heterocycles.